The summed E-state index contributed by atoms with van der Waals surface area (Å²) in [7, 11) is 1.39. The van der Waals surface area contributed by atoms with E-state index in [9.17, 15) is 4.79 Å². The lowest BCUT2D eigenvalue weighted by atomic mass is 10.1. The van der Waals surface area contributed by atoms with Crippen LogP contribution in [-0.2, 0) is 4.74 Å². The van der Waals surface area contributed by atoms with E-state index in [1.54, 1.807) is 0 Å². The topological polar surface area (TPSA) is 73.4 Å². The molecule has 6 nitrogen and oxygen atoms in total. The van der Waals surface area contributed by atoms with Crippen molar-refractivity contribution in [1.82, 2.24) is 9.78 Å². The van der Waals surface area contributed by atoms with E-state index in [2.05, 4.69) is 16.9 Å². The number of piperidine rings is 1. The van der Waals surface area contributed by atoms with Gasteiger partial charge in [0.1, 0.15) is 11.4 Å². The molecule has 0 radical (unpaired) electrons. The molecule has 116 valence electrons. The minimum absolute atomic E-state index is 0.243. The molecule has 0 bridgehead atoms. The molecule has 3 rings (SSSR count). The number of rotatable bonds is 4. The number of methoxy groups -OCH3 is 1. The molecule has 0 spiro atoms. The lowest BCUT2D eigenvalue weighted by Crippen LogP contribution is -2.31. The summed E-state index contributed by atoms with van der Waals surface area (Å²) < 4.78 is 6.75. The Morgan fingerprint density at radius 2 is 2.00 bits per heavy atom. The van der Waals surface area contributed by atoms with Gasteiger partial charge in [-0.25, -0.2) is 9.48 Å². The summed E-state index contributed by atoms with van der Waals surface area (Å²) >= 11 is 0. The lowest BCUT2D eigenvalue weighted by molar-refractivity contribution is 0.0602. The van der Waals surface area contributed by atoms with Crippen LogP contribution in [-0.4, -0.2) is 35.9 Å². The molecule has 0 amide bonds. The van der Waals surface area contributed by atoms with Crippen LogP contribution in [0.15, 0.2) is 0 Å². The summed E-state index contributed by atoms with van der Waals surface area (Å²) in [6, 6.07) is 0.243. The second-order valence-corrected chi connectivity index (χ2v) is 6.15. The van der Waals surface area contributed by atoms with Gasteiger partial charge in [-0.1, -0.05) is 0 Å². The highest BCUT2D eigenvalue weighted by molar-refractivity contribution is 5.99. The monoisotopic (exact) mass is 292 g/mol. The minimum Gasteiger partial charge on any atom is -0.465 e. The minimum atomic E-state index is -0.387. The van der Waals surface area contributed by atoms with Gasteiger partial charge in [-0.15, -0.1) is 0 Å². The second-order valence-electron chi connectivity index (χ2n) is 6.15. The molecular weight excluding hydrogens is 268 g/mol. The largest absolute Gasteiger partial charge is 0.465 e. The van der Waals surface area contributed by atoms with Crippen LogP contribution in [0.4, 0.5) is 11.6 Å². The van der Waals surface area contributed by atoms with Crippen LogP contribution in [0, 0.1) is 5.92 Å². The number of nitrogens with two attached hydrogens (primary N) is 1. The first-order chi connectivity index (χ1) is 10.1. The van der Waals surface area contributed by atoms with E-state index in [1.807, 2.05) is 4.68 Å². The molecule has 1 saturated heterocycles. The zero-order valence-corrected chi connectivity index (χ0v) is 12.8. The number of nitrogen functional groups attached to an aromatic ring is 1. The van der Waals surface area contributed by atoms with Gasteiger partial charge in [0.25, 0.3) is 0 Å². The maximum absolute atomic E-state index is 12.1. The van der Waals surface area contributed by atoms with Gasteiger partial charge in [-0.2, -0.15) is 5.10 Å². The van der Waals surface area contributed by atoms with E-state index in [0.717, 1.165) is 25.9 Å². The summed E-state index contributed by atoms with van der Waals surface area (Å²) in [5.74, 6) is 1.39. The van der Waals surface area contributed by atoms with Gasteiger partial charge >= 0.3 is 5.97 Å². The highest BCUT2D eigenvalue weighted by Gasteiger charge is 2.34. The van der Waals surface area contributed by atoms with Crippen LogP contribution in [0.25, 0.3) is 0 Å². The summed E-state index contributed by atoms with van der Waals surface area (Å²) in [6.07, 6.45) is 5.93. The highest BCUT2D eigenvalue weighted by atomic mass is 16.5. The number of hydrogen-bond donors (Lipinski definition) is 1. The van der Waals surface area contributed by atoms with Crippen LogP contribution in [0.3, 0.4) is 0 Å². The SMILES string of the molecule is COC(=O)c1c(N2CCCCC2)nn(C(C)C2CC2)c1N. The first kappa shape index (κ1) is 14.2. The third-order valence-corrected chi connectivity index (χ3v) is 4.66. The number of aromatic nitrogens is 2. The molecule has 0 aromatic carbocycles. The zero-order chi connectivity index (χ0) is 15.0. The number of carbonyl (C=O) groups excluding carboxylic acids is 1. The van der Waals surface area contributed by atoms with Gasteiger partial charge in [0.2, 0.25) is 0 Å². The molecule has 2 aliphatic rings. The first-order valence-electron chi connectivity index (χ1n) is 7.84. The maximum Gasteiger partial charge on any atom is 0.345 e. The third-order valence-electron chi connectivity index (χ3n) is 4.66. The number of esters is 1. The van der Waals surface area contributed by atoms with Crippen molar-refractivity contribution in [2.75, 3.05) is 30.8 Å². The van der Waals surface area contributed by atoms with E-state index < -0.39 is 0 Å². The van der Waals surface area contributed by atoms with E-state index in [-0.39, 0.29) is 12.0 Å². The fourth-order valence-corrected chi connectivity index (χ4v) is 3.15. The Balaban J connectivity index is 1.99. The van der Waals surface area contributed by atoms with Crippen molar-refractivity contribution < 1.29 is 9.53 Å². The van der Waals surface area contributed by atoms with Crippen LogP contribution < -0.4 is 10.6 Å². The van der Waals surface area contributed by atoms with Gasteiger partial charge in [-0.05, 0) is 44.9 Å². The molecular formula is C15H24N4O2. The van der Waals surface area contributed by atoms with Gasteiger partial charge in [0, 0.05) is 13.1 Å². The van der Waals surface area contributed by atoms with Crippen LogP contribution >= 0.6 is 0 Å². The highest BCUT2D eigenvalue weighted by Crippen LogP contribution is 2.41. The lowest BCUT2D eigenvalue weighted by Gasteiger charge is -2.27. The molecule has 1 aliphatic heterocycles. The Kier molecular flexibility index (Phi) is 3.78. The molecule has 6 heteroatoms. The van der Waals surface area contributed by atoms with Crippen molar-refractivity contribution in [2.24, 2.45) is 5.92 Å². The number of carbonyl (C=O) groups is 1. The van der Waals surface area contributed by atoms with Crippen molar-refractivity contribution in [3.8, 4) is 0 Å². The van der Waals surface area contributed by atoms with Crippen molar-refractivity contribution in [1.29, 1.82) is 0 Å². The zero-order valence-electron chi connectivity index (χ0n) is 12.8. The number of hydrogen-bond acceptors (Lipinski definition) is 5. The third kappa shape index (κ3) is 2.59. The van der Waals surface area contributed by atoms with E-state index in [0.29, 0.717) is 23.1 Å². The van der Waals surface area contributed by atoms with Crippen molar-refractivity contribution in [3.05, 3.63) is 5.56 Å². The van der Waals surface area contributed by atoms with E-state index in [4.69, 9.17) is 10.5 Å². The Morgan fingerprint density at radius 1 is 1.33 bits per heavy atom. The molecule has 2 fully saturated rings. The van der Waals surface area contributed by atoms with Crippen LogP contribution in [0.1, 0.15) is 55.4 Å². The van der Waals surface area contributed by atoms with Gasteiger partial charge in [-0.3, -0.25) is 0 Å². The van der Waals surface area contributed by atoms with Crippen molar-refractivity contribution in [3.63, 3.8) is 0 Å². The molecule has 1 atom stereocenters. The molecule has 1 saturated carbocycles. The molecule has 1 aromatic heterocycles. The van der Waals surface area contributed by atoms with Crippen LogP contribution in [0.2, 0.25) is 0 Å². The van der Waals surface area contributed by atoms with Gasteiger partial charge in [0.15, 0.2) is 5.82 Å². The quantitative estimate of drug-likeness (QED) is 0.861. The fourth-order valence-electron chi connectivity index (χ4n) is 3.15. The molecule has 1 aliphatic carbocycles. The van der Waals surface area contributed by atoms with Crippen LogP contribution in [0.5, 0.6) is 0 Å². The Labute approximate surface area is 125 Å². The van der Waals surface area contributed by atoms with Gasteiger partial charge in [0.05, 0.1) is 13.2 Å². The van der Waals surface area contributed by atoms with Gasteiger partial charge < -0.3 is 15.4 Å². The Bertz CT molecular complexity index is 530. The fraction of sp³-hybridized carbons (Fsp3) is 0.733. The number of anilines is 2. The number of ether oxygens (including phenoxy) is 1. The van der Waals surface area contributed by atoms with Crippen molar-refractivity contribution in [2.45, 2.75) is 45.1 Å². The predicted octanol–water partition coefficient (Wildman–Crippen LogP) is 2.21. The average molecular weight is 292 g/mol. The standard InChI is InChI=1S/C15H24N4O2/c1-10(11-6-7-11)19-13(16)12(15(20)21-2)14(17-19)18-8-4-3-5-9-18/h10-11H,3-9,16H2,1-2H3. The molecule has 1 aromatic rings. The summed E-state index contributed by atoms with van der Waals surface area (Å²) in [4.78, 5) is 14.3. The molecule has 2 N–H and O–H groups in total. The molecule has 1 unspecified atom stereocenters. The summed E-state index contributed by atoms with van der Waals surface area (Å²) in [6.45, 7) is 3.98. The smallest absolute Gasteiger partial charge is 0.345 e. The van der Waals surface area contributed by atoms with E-state index in [1.165, 1.54) is 26.4 Å². The number of nitrogens with zero attached hydrogens (tertiary/aromatic N) is 3. The molecule has 2 heterocycles. The summed E-state index contributed by atoms with van der Waals surface area (Å²) in [5.41, 5.74) is 6.66. The predicted molar refractivity (Wildman–Crippen MR) is 81.5 cm³/mol. The second kappa shape index (κ2) is 5.58. The Morgan fingerprint density at radius 3 is 2.57 bits per heavy atom. The van der Waals surface area contributed by atoms with E-state index >= 15 is 0 Å². The summed E-state index contributed by atoms with van der Waals surface area (Å²) in [5, 5.41) is 4.68. The normalized spacial score (nSPS) is 20.4. The van der Waals surface area contributed by atoms with Crippen molar-refractivity contribution >= 4 is 17.6 Å². The molecule has 21 heavy (non-hydrogen) atoms. The first-order valence-corrected chi connectivity index (χ1v) is 7.84. The Hall–Kier alpha value is -1.72. The maximum atomic E-state index is 12.1. The average Bonchev–Trinajstić information content (AvgIpc) is 3.30.